The van der Waals surface area contributed by atoms with Gasteiger partial charge in [-0.1, -0.05) is 11.3 Å². The van der Waals surface area contributed by atoms with Crippen molar-refractivity contribution in [1.82, 2.24) is 25.3 Å². The molecule has 1 aliphatic rings. The van der Waals surface area contributed by atoms with Gasteiger partial charge >= 0.3 is 6.09 Å². The Bertz CT molecular complexity index is 1110. The van der Waals surface area contributed by atoms with Crippen LogP contribution in [-0.4, -0.2) is 56.3 Å². The molecule has 160 valence electrons. The van der Waals surface area contributed by atoms with Crippen LogP contribution in [0.15, 0.2) is 48.8 Å². The number of pyridine rings is 1. The van der Waals surface area contributed by atoms with E-state index in [1.54, 1.807) is 30.5 Å². The van der Waals surface area contributed by atoms with Crippen LogP contribution in [0.3, 0.4) is 0 Å². The van der Waals surface area contributed by atoms with Crippen LogP contribution in [0.4, 0.5) is 14.9 Å². The van der Waals surface area contributed by atoms with E-state index in [1.807, 2.05) is 0 Å². The molecule has 1 fully saturated rings. The van der Waals surface area contributed by atoms with Crippen molar-refractivity contribution in [2.45, 2.75) is 19.1 Å². The zero-order valence-electron chi connectivity index (χ0n) is 16.5. The van der Waals surface area contributed by atoms with Crippen LogP contribution in [0, 0.1) is 5.82 Å². The highest BCUT2D eigenvalue weighted by Crippen LogP contribution is 2.26. The molecule has 11 heteroatoms. The molecule has 1 aromatic carbocycles. The number of carbonyl (C=O) groups is 2. The Morgan fingerprint density at radius 1 is 1.35 bits per heavy atom. The van der Waals surface area contributed by atoms with Gasteiger partial charge in [0.15, 0.2) is 5.82 Å². The van der Waals surface area contributed by atoms with Crippen LogP contribution in [0.1, 0.15) is 24.4 Å². The molecular formula is C20H19FN6O4. The predicted molar refractivity (Wildman–Crippen MR) is 106 cm³/mol. The summed E-state index contributed by atoms with van der Waals surface area (Å²) in [5.41, 5.74) is 1.02. The zero-order chi connectivity index (χ0) is 22.0. The molecule has 2 atom stereocenters. The second-order valence-electron chi connectivity index (χ2n) is 6.93. The van der Waals surface area contributed by atoms with Gasteiger partial charge in [-0.3, -0.25) is 14.7 Å². The quantitative estimate of drug-likeness (QED) is 0.610. The summed E-state index contributed by atoms with van der Waals surface area (Å²) in [5.74, 6) is -0.871. The number of carbonyl (C=O) groups excluding carboxylic acids is 2. The van der Waals surface area contributed by atoms with Crippen molar-refractivity contribution < 1.29 is 23.8 Å². The minimum Gasteiger partial charge on any atom is -0.442 e. The van der Waals surface area contributed by atoms with Crippen molar-refractivity contribution in [1.29, 1.82) is 0 Å². The molecule has 31 heavy (non-hydrogen) atoms. The number of benzene rings is 1. The second kappa shape index (κ2) is 8.48. The molecule has 0 saturated carbocycles. The van der Waals surface area contributed by atoms with Gasteiger partial charge in [0.2, 0.25) is 5.91 Å². The summed E-state index contributed by atoms with van der Waals surface area (Å²) in [5, 5.41) is 20.8. The van der Waals surface area contributed by atoms with E-state index in [1.165, 1.54) is 34.8 Å². The lowest BCUT2D eigenvalue weighted by Gasteiger charge is -2.14. The minimum absolute atomic E-state index is 0.0954. The Balaban J connectivity index is 1.50. The molecule has 2 aromatic heterocycles. The Labute approximate surface area is 176 Å². The van der Waals surface area contributed by atoms with Crippen molar-refractivity contribution in [2.24, 2.45) is 0 Å². The number of hydrogen-bond donors (Lipinski definition) is 2. The third-order valence-corrected chi connectivity index (χ3v) is 4.70. The normalized spacial score (nSPS) is 16.8. The number of aliphatic hydroxyl groups is 1. The number of rotatable bonds is 6. The number of nitrogens with one attached hydrogen (secondary N) is 1. The average molecular weight is 426 g/mol. The van der Waals surface area contributed by atoms with Gasteiger partial charge in [0.25, 0.3) is 0 Å². The first-order chi connectivity index (χ1) is 14.9. The van der Waals surface area contributed by atoms with Crippen LogP contribution in [0.5, 0.6) is 0 Å². The topological polar surface area (TPSA) is 122 Å². The first-order valence-electron chi connectivity index (χ1n) is 9.46. The lowest BCUT2D eigenvalue weighted by molar-refractivity contribution is -0.119. The molecule has 1 saturated heterocycles. The molecule has 4 rings (SSSR count). The highest BCUT2D eigenvalue weighted by Gasteiger charge is 2.32. The lowest BCUT2D eigenvalue weighted by Crippen LogP contribution is -2.33. The molecule has 0 bridgehead atoms. The molecule has 0 aliphatic carbocycles. The van der Waals surface area contributed by atoms with E-state index < -0.39 is 24.1 Å². The van der Waals surface area contributed by atoms with E-state index in [0.29, 0.717) is 11.4 Å². The lowest BCUT2D eigenvalue weighted by atomic mass is 10.2. The molecule has 10 nitrogen and oxygen atoms in total. The van der Waals surface area contributed by atoms with E-state index in [0.717, 1.165) is 0 Å². The van der Waals surface area contributed by atoms with Gasteiger partial charge < -0.3 is 15.2 Å². The fourth-order valence-corrected chi connectivity index (χ4v) is 3.15. The Morgan fingerprint density at radius 2 is 2.19 bits per heavy atom. The number of aliphatic hydroxyl groups excluding tert-OH is 1. The van der Waals surface area contributed by atoms with E-state index >= 15 is 0 Å². The fraction of sp³-hybridized carbons (Fsp3) is 0.250. The molecule has 0 spiro atoms. The highest BCUT2D eigenvalue weighted by atomic mass is 19.1. The molecule has 1 aliphatic heterocycles. The third-order valence-electron chi connectivity index (χ3n) is 4.70. The fourth-order valence-electron chi connectivity index (χ4n) is 3.15. The Kier molecular flexibility index (Phi) is 5.58. The summed E-state index contributed by atoms with van der Waals surface area (Å²) in [6.45, 7) is 1.73. The zero-order valence-corrected chi connectivity index (χ0v) is 16.5. The molecule has 3 heterocycles. The SMILES string of the molecule is CC(=O)NC[C@H]1CN(c2ccc(-n3cc(C(O)c4ccccn4)nn3)c(F)c2)C(=O)O1. The summed E-state index contributed by atoms with van der Waals surface area (Å²) in [4.78, 5) is 28.5. The van der Waals surface area contributed by atoms with Crippen LogP contribution in [0.25, 0.3) is 5.69 Å². The van der Waals surface area contributed by atoms with Gasteiger partial charge in [0, 0.05) is 13.1 Å². The molecule has 1 unspecified atom stereocenters. The van der Waals surface area contributed by atoms with Gasteiger partial charge in [-0.2, -0.15) is 0 Å². The van der Waals surface area contributed by atoms with Gasteiger partial charge in [0.05, 0.1) is 30.7 Å². The smallest absolute Gasteiger partial charge is 0.414 e. The van der Waals surface area contributed by atoms with E-state index in [4.69, 9.17) is 4.74 Å². The standard InChI is InChI=1S/C20H19FN6O4/c1-12(28)23-9-14-10-26(20(30)31-14)13-5-6-18(15(21)8-13)27-11-17(24-25-27)19(29)16-4-2-3-7-22-16/h2-8,11,14,19,29H,9-10H2,1H3,(H,23,28)/t14-,19?/m0/s1. The van der Waals surface area contributed by atoms with Gasteiger partial charge in [-0.25, -0.2) is 13.9 Å². The summed E-state index contributed by atoms with van der Waals surface area (Å²) in [7, 11) is 0. The van der Waals surface area contributed by atoms with Crippen molar-refractivity contribution in [3.05, 3.63) is 66.0 Å². The molecule has 3 aromatic rings. The van der Waals surface area contributed by atoms with Crippen LogP contribution in [-0.2, 0) is 9.53 Å². The van der Waals surface area contributed by atoms with Gasteiger partial charge in [-0.05, 0) is 30.3 Å². The van der Waals surface area contributed by atoms with Crippen molar-refractivity contribution in [3.8, 4) is 5.69 Å². The third kappa shape index (κ3) is 4.36. The number of anilines is 1. The number of cyclic esters (lactones) is 1. The summed E-state index contributed by atoms with van der Waals surface area (Å²) in [6, 6.07) is 9.30. The first-order valence-corrected chi connectivity index (χ1v) is 9.46. The number of hydrogen-bond acceptors (Lipinski definition) is 7. The molecular weight excluding hydrogens is 407 g/mol. The Morgan fingerprint density at radius 3 is 2.90 bits per heavy atom. The van der Waals surface area contributed by atoms with Crippen LogP contribution >= 0.6 is 0 Å². The highest BCUT2D eigenvalue weighted by molar-refractivity contribution is 5.90. The first kappa shape index (κ1) is 20.4. The summed E-state index contributed by atoms with van der Waals surface area (Å²) in [6.07, 6.45) is 0.711. The number of aromatic nitrogens is 4. The van der Waals surface area contributed by atoms with Gasteiger partial charge in [0.1, 0.15) is 23.6 Å². The van der Waals surface area contributed by atoms with Crippen molar-refractivity contribution in [3.63, 3.8) is 0 Å². The van der Waals surface area contributed by atoms with E-state index in [9.17, 15) is 19.1 Å². The monoisotopic (exact) mass is 426 g/mol. The molecule has 2 amide bonds. The molecule has 2 N–H and O–H groups in total. The van der Waals surface area contributed by atoms with E-state index in [-0.39, 0.29) is 30.4 Å². The van der Waals surface area contributed by atoms with Crippen LogP contribution < -0.4 is 10.2 Å². The average Bonchev–Trinajstić information content (AvgIpc) is 3.39. The molecule has 0 radical (unpaired) electrons. The largest absolute Gasteiger partial charge is 0.442 e. The maximum absolute atomic E-state index is 14.8. The number of halogens is 1. The van der Waals surface area contributed by atoms with Gasteiger partial charge in [-0.15, -0.1) is 5.10 Å². The maximum atomic E-state index is 14.8. The van der Waals surface area contributed by atoms with Crippen LogP contribution in [0.2, 0.25) is 0 Å². The summed E-state index contributed by atoms with van der Waals surface area (Å²) < 4.78 is 21.2. The van der Waals surface area contributed by atoms with Crippen molar-refractivity contribution in [2.75, 3.05) is 18.0 Å². The number of ether oxygens (including phenoxy) is 1. The minimum atomic E-state index is -1.10. The number of nitrogens with zero attached hydrogens (tertiary/aromatic N) is 5. The van der Waals surface area contributed by atoms with Crippen molar-refractivity contribution >= 4 is 17.7 Å². The summed E-state index contributed by atoms with van der Waals surface area (Å²) >= 11 is 0. The number of amides is 2. The predicted octanol–water partition coefficient (Wildman–Crippen LogP) is 1.34. The maximum Gasteiger partial charge on any atom is 0.414 e. The Hall–Kier alpha value is -3.86. The second-order valence-corrected chi connectivity index (χ2v) is 6.93. The van der Waals surface area contributed by atoms with E-state index in [2.05, 4.69) is 20.6 Å².